The predicted molar refractivity (Wildman–Crippen MR) is 77.9 cm³/mol. The molecule has 0 aliphatic heterocycles. The molecule has 0 aliphatic rings. The zero-order valence-electron chi connectivity index (χ0n) is 11.6. The molecule has 4 heteroatoms. The lowest BCUT2D eigenvalue weighted by molar-refractivity contribution is -0.136. The van der Waals surface area contributed by atoms with Gasteiger partial charge in [0.15, 0.2) is 0 Å². The van der Waals surface area contributed by atoms with Crippen LogP contribution in [0.3, 0.4) is 0 Å². The second-order valence-corrected chi connectivity index (χ2v) is 5.16. The number of nitrogens with two attached hydrogens (primary N) is 1. The van der Waals surface area contributed by atoms with Crippen LogP contribution in [0.5, 0.6) is 0 Å². The van der Waals surface area contributed by atoms with Gasteiger partial charge in [-0.3, -0.25) is 0 Å². The summed E-state index contributed by atoms with van der Waals surface area (Å²) in [6.45, 7) is 0. The minimum Gasteiger partial charge on any atom is -0.324 e. The van der Waals surface area contributed by atoms with E-state index in [-0.39, 0.29) is 6.42 Å². The number of benzene rings is 2. The van der Waals surface area contributed by atoms with Crippen molar-refractivity contribution >= 4 is 0 Å². The third-order valence-electron chi connectivity index (χ3n) is 3.40. The van der Waals surface area contributed by atoms with Crippen LogP contribution < -0.4 is 5.73 Å². The van der Waals surface area contributed by atoms with E-state index in [4.69, 9.17) is 5.73 Å². The van der Waals surface area contributed by atoms with Crippen molar-refractivity contribution in [3.63, 3.8) is 0 Å². The average molecular weight is 293 g/mol. The molecule has 0 spiro atoms. The molecular weight excluding hydrogens is 275 g/mol. The molecule has 2 rings (SSSR count). The quantitative estimate of drug-likeness (QED) is 0.855. The van der Waals surface area contributed by atoms with E-state index in [1.807, 2.05) is 54.6 Å². The standard InChI is InChI=1S/C17H18F3N/c18-17(19,20)11-10-16(21)15-8-6-14(7-9-15)12-13-4-2-1-3-5-13/h1-9,16H,10-12,21H2. The molecule has 1 nitrogen and oxygen atoms in total. The maximum atomic E-state index is 12.2. The fourth-order valence-corrected chi connectivity index (χ4v) is 2.20. The molecule has 112 valence electrons. The second kappa shape index (κ2) is 6.76. The first kappa shape index (κ1) is 15.6. The van der Waals surface area contributed by atoms with Gasteiger partial charge in [0.2, 0.25) is 0 Å². The maximum Gasteiger partial charge on any atom is 0.389 e. The lowest BCUT2D eigenvalue weighted by Crippen LogP contribution is -2.15. The third-order valence-corrected chi connectivity index (χ3v) is 3.40. The lowest BCUT2D eigenvalue weighted by Gasteiger charge is -2.14. The number of alkyl halides is 3. The first-order chi connectivity index (χ1) is 9.94. The number of hydrogen-bond acceptors (Lipinski definition) is 1. The molecular formula is C17H18F3N. The van der Waals surface area contributed by atoms with Gasteiger partial charge >= 0.3 is 6.18 Å². The van der Waals surface area contributed by atoms with E-state index in [0.717, 1.165) is 17.5 Å². The molecule has 0 aromatic heterocycles. The van der Waals surface area contributed by atoms with Crippen molar-refractivity contribution < 1.29 is 13.2 Å². The van der Waals surface area contributed by atoms with E-state index in [0.29, 0.717) is 0 Å². The van der Waals surface area contributed by atoms with Gasteiger partial charge in [-0.1, -0.05) is 54.6 Å². The van der Waals surface area contributed by atoms with Gasteiger partial charge < -0.3 is 5.73 Å². The summed E-state index contributed by atoms with van der Waals surface area (Å²) in [5.74, 6) is 0. The van der Waals surface area contributed by atoms with Gasteiger partial charge in [0.1, 0.15) is 0 Å². The van der Waals surface area contributed by atoms with Crippen molar-refractivity contribution in [3.05, 3.63) is 71.3 Å². The highest BCUT2D eigenvalue weighted by Crippen LogP contribution is 2.26. The van der Waals surface area contributed by atoms with E-state index in [1.54, 1.807) is 0 Å². The molecule has 0 fully saturated rings. The van der Waals surface area contributed by atoms with Crippen molar-refractivity contribution in [3.8, 4) is 0 Å². The SMILES string of the molecule is NC(CCC(F)(F)F)c1ccc(Cc2ccccc2)cc1. The molecule has 0 saturated carbocycles. The van der Waals surface area contributed by atoms with E-state index in [9.17, 15) is 13.2 Å². The minimum absolute atomic E-state index is 0.0818. The van der Waals surface area contributed by atoms with Gasteiger partial charge in [0.25, 0.3) is 0 Å². The molecule has 1 atom stereocenters. The molecule has 2 aromatic rings. The summed E-state index contributed by atoms with van der Waals surface area (Å²) in [5.41, 5.74) is 8.87. The number of halogens is 3. The first-order valence-corrected chi connectivity index (χ1v) is 6.89. The van der Waals surface area contributed by atoms with Crippen LogP contribution >= 0.6 is 0 Å². The van der Waals surface area contributed by atoms with Crippen LogP contribution in [0.4, 0.5) is 13.2 Å². The Labute approximate surface area is 122 Å². The molecule has 1 unspecified atom stereocenters. The van der Waals surface area contributed by atoms with E-state index >= 15 is 0 Å². The van der Waals surface area contributed by atoms with Gasteiger partial charge in [-0.25, -0.2) is 0 Å². The summed E-state index contributed by atoms with van der Waals surface area (Å²) in [6, 6.07) is 16.9. The molecule has 0 aliphatic carbocycles. The van der Waals surface area contributed by atoms with Crippen molar-refractivity contribution in [2.45, 2.75) is 31.5 Å². The van der Waals surface area contributed by atoms with Gasteiger partial charge in [-0.2, -0.15) is 13.2 Å². The Balaban J connectivity index is 1.95. The molecule has 2 N–H and O–H groups in total. The fourth-order valence-electron chi connectivity index (χ4n) is 2.20. The van der Waals surface area contributed by atoms with E-state index in [2.05, 4.69) is 0 Å². The smallest absolute Gasteiger partial charge is 0.324 e. The van der Waals surface area contributed by atoms with E-state index in [1.165, 1.54) is 5.56 Å². The zero-order chi connectivity index (χ0) is 15.3. The Morgan fingerprint density at radius 1 is 0.857 bits per heavy atom. The normalized spacial score (nSPS) is 13.1. The fraction of sp³-hybridized carbons (Fsp3) is 0.294. The summed E-state index contributed by atoms with van der Waals surface area (Å²) < 4.78 is 36.5. The maximum absolute atomic E-state index is 12.2. The Morgan fingerprint density at radius 3 is 2.00 bits per heavy atom. The summed E-state index contributed by atoms with van der Waals surface area (Å²) in [5, 5.41) is 0. The number of hydrogen-bond donors (Lipinski definition) is 1. The van der Waals surface area contributed by atoms with Gasteiger partial charge in [0, 0.05) is 12.5 Å². The monoisotopic (exact) mass is 293 g/mol. The second-order valence-electron chi connectivity index (χ2n) is 5.16. The molecule has 0 heterocycles. The summed E-state index contributed by atoms with van der Waals surface area (Å²) in [7, 11) is 0. The molecule has 0 amide bonds. The van der Waals surface area contributed by atoms with Gasteiger partial charge in [0.05, 0.1) is 0 Å². The molecule has 2 aromatic carbocycles. The first-order valence-electron chi connectivity index (χ1n) is 6.89. The summed E-state index contributed by atoms with van der Waals surface area (Å²) in [4.78, 5) is 0. The van der Waals surface area contributed by atoms with Crippen LogP contribution in [0.1, 0.15) is 35.6 Å². The van der Waals surface area contributed by atoms with Crippen LogP contribution in [0, 0.1) is 0 Å². The molecule has 0 bridgehead atoms. The highest BCUT2D eigenvalue weighted by Gasteiger charge is 2.27. The van der Waals surface area contributed by atoms with Crippen molar-refractivity contribution in [2.75, 3.05) is 0 Å². The Morgan fingerprint density at radius 2 is 1.43 bits per heavy atom. The molecule has 21 heavy (non-hydrogen) atoms. The Kier molecular flexibility index (Phi) is 5.02. The molecule has 0 radical (unpaired) electrons. The summed E-state index contributed by atoms with van der Waals surface area (Å²) in [6.07, 6.45) is -4.27. The Hall–Kier alpha value is -1.81. The van der Waals surface area contributed by atoms with Gasteiger partial charge in [-0.15, -0.1) is 0 Å². The van der Waals surface area contributed by atoms with Crippen LogP contribution in [-0.2, 0) is 6.42 Å². The third kappa shape index (κ3) is 5.23. The predicted octanol–water partition coefficient (Wildman–Crippen LogP) is 4.62. The topological polar surface area (TPSA) is 26.0 Å². The summed E-state index contributed by atoms with van der Waals surface area (Å²) >= 11 is 0. The van der Waals surface area contributed by atoms with Crippen LogP contribution in [-0.4, -0.2) is 6.18 Å². The largest absolute Gasteiger partial charge is 0.389 e. The van der Waals surface area contributed by atoms with Crippen LogP contribution in [0.15, 0.2) is 54.6 Å². The highest BCUT2D eigenvalue weighted by atomic mass is 19.4. The van der Waals surface area contributed by atoms with Gasteiger partial charge in [-0.05, 0) is 29.5 Å². The zero-order valence-corrected chi connectivity index (χ0v) is 11.6. The van der Waals surface area contributed by atoms with E-state index < -0.39 is 18.6 Å². The lowest BCUT2D eigenvalue weighted by atomic mass is 9.99. The van der Waals surface area contributed by atoms with Crippen molar-refractivity contribution in [1.29, 1.82) is 0 Å². The average Bonchev–Trinajstić information content (AvgIpc) is 2.46. The molecule has 0 saturated heterocycles. The van der Waals surface area contributed by atoms with Crippen molar-refractivity contribution in [1.82, 2.24) is 0 Å². The van der Waals surface area contributed by atoms with Crippen LogP contribution in [0.25, 0.3) is 0 Å². The Bertz CT molecular complexity index is 546. The van der Waals surface area contributed by atoms with Crippen molar-refractivity contribution in [2.24, 2.45) is 5.73 Å². The minimum atomic E-state index is -4.15. The van der Waals surface area contributed by atoms with Crippen LogP contribution in [0.2, 0.25) is 0 Å². The highest BCUT2D eigenvalue weighted by molar-refractivity contribution is 5.29. The number of rotatable bonds is 5.